The molecular formula is C22H25NO4. The van der Waals surface area contributed by atoms with Gasteiger partial charge in [0.25, 0.3) is 5.91 Å². The van der Waals surface area contributed by atoms with Crippen molar-refractivity contribution in [2.45, 2.75) is 38.2 Å². The summed E-state index contributed by atoms with van der Waals surface area (Å²) in [4.78, 5) is 26.5. The second-order valence-corrected chi connectivity index (χ2v) is 7.16. The Morgan fingerprint density at radius 2 is 1.74 bits per heavy atom. The van der Waals surface area contributed by atoms with E-state index in [2.05, 4.69) is 0 Å². The van der Waals surface area contributed by atoms with E-state index in [-0.39, 0.29) is 5.91 Å². The highest BCUT2D eigenvalue weighted by atomic mass is 16.5. The number of hydrogen-bond acceptors (Lipinski definition) is 3. The molecule has 1 heterocycles. The predicted octanol–water partition coefficient (Wildman–Crippen LogP) is 3.41. The standard InChI is InChI=1S/C22H25NO4/c1-16-7-6-10-19(15-16)27-17(2)20(24)23-13-11-22(12-14-23,21(25)26)18-8-4-3-5-9-18/h3-10,15,17H,11-14H2,1-2H3,(H,25,26). The molecule has 5 nitrogen and oxygen atoms in total. The summed E-state index contributed by atoms with van der Waals surface area (Å²) >= 11 is 0. The Labute approximate surface area is 159 Å². The second kappa shape index (κ2) is 7.82. The molecule has 0 saturated carbocycles. The molecular weight excluding hydrogens is 342 g/mol. The molecule has 1 atom stereocenters. The monoisotopic (exact) mass is 367 g/mol. The van der Waals surface area contributed by atoms with Gasteiger partial charge in [-0.05, 0) is 49.9 Å². The van der Waals surface area contributed by atoms with Crippen molar-refractivity contribution in [1.82, 2.24) is 4.90 Å². The van der Waals surface area contributed by atoms with Gasteiger partial charge < -0.3 is 14.7 Å². The van der Waals surface area contributed by atoms with Crippen molar-refractivity contribution in [3.05, 3.63) is 65.7 Å². The van der Waals surface area contributed by atoms with E-state index in [4.69, 9.17) is 4.74 Å². The molecule has 5 heteroatoms. The van der Waals surface area contributed by atoms with Gasteiger partial charge in [0.2, 0.25) is 0 Å². The van der Waals surface area contributed by atoms with Crippen LogP contribution in [0, 0.1) is 6.92 Å². The molecule has 2 aromatic rings. The van der Waals surface area contributed by atoms with Crippen LogP contribution in [-0.2, 0) is 15.0 Å². The van der Waals surface area contributed by atoms with Gasteiger partial charge in [-0.3, -0.25) is 9.59 Å². The number of rotatable bonds is 5. The molecule has 1 N–H and O–H groups in total. The second-order valence-electron chi connectivity index (χ2n) is 7.16. The smallest absolute Gasteiger partial charge is 0.314 e. The third-order valence-electron chi connectivity index (χ3n) is 5.31. The average molecular weight is 367 g/mol. The van der Waals surface area contributed by atoms with Crippen molar-refractivity contribution in [1.29, 1.82) is 0 Å². The first kappa shape index (κ1) is 19.0. The highest BCUT2D eigenvalue weighted by Crippen LogP contribution is 2.36. The van der Waals surface area contributed by atoms with Crippen LogP contribution in [0.5, 0.6) is 5.75 Å². The lowest BCUT2D eigenvalue weighted by molar-refractivity contribution is -0.149. The molecule has 1 saturated heterocycles. The molecule has 0 aliphatic carbocycles. The lowest BCUT2D eigenvalue weighted by atomic mass is 9.73. The Morgan fingerprint density at radius 1 is 1.07 bits per heavy atom. The zero-order valence-corrected chi connectivity index (χ0v) is 15.7. The topological polar surface area (TPSA) is 66.8 Å². The molecule has 1 aliphatic heterocycles. The van der Waals surface area contributed by atoms with Crippen LogP contribution in [0.2, 0.25) is 0 Å². The van der Waals surface area contributed by atoms with Crippen molar-refractivity contribution >= 4 is 11.9 Å². The number of ether oxygens (including phenoxy) is 1. The molecule has 2 aromatic carbocycles. The zero-order valence-electron chi connectivity index (χ0n) is 15.7. The molecule has 0 spiro atoms. The predicted molar refractivity (Wildman–Crippen MR) is 103 cm³/mol. The van der Waals surface area contributed by atoms with Gasteiger partial charge in [-0.15, -0.1) is 0 Å². The first-order valence-corrected chi connectivity index (χ1v) is 9.23. The molecule has 0 radical (unpaired) electrons. The number of aryl methyl sites for hydroxylation is 1. The summed E-state index contributed by atoms with van der Waals surface area (Å²) in [6.45, 7) is 4.52. The molecule has 142 valence electrons. The Hall–Kier alpha value is -2.82. The van der Waals surface area contributed by atoms with Crippen LogP contribution in [0.15, 0.2) is 54.6 Å². The van der Waals surface area contributed by atoms with Crippen LogP contribution in [0.4, 0.5) is 0 Å². The number of likely N-dealkylation sites (tertiary alicyclic amines) is 1. The molecule has 3 rings (SSSR count). The number of piperidine rings is 1. The van der Waals surface area contributed by atoms with Crippen LogP contribution in [0.3, 0.4) is 0 Å². The maximum atomic E-state index is 12.8. The van der Waals surface area contributed by atoms with Gasteiger partial charge in [0.1, 0.15) is 5.75 Å². The van der Waals surface area contributed by atoms with E-state index in [1.54, 1.807) is 11.8 Å². The maximum absolute atomic E-state index is 12.8. The van der Waals surface area contributed by atoms with Crippen LogP contribution < -0.4 is 4.74 Å². The van der Waals surface area contributed by atoms with Gasteiger partial charge in [-0.25, -0.2) is 0 Å². The van der Waals surface area contributed by atoms with Gasteiger partial charge >= 0.3 is 5.97 Å². The highest BCUT2D eigenvalue weighted by molar-refractivity contribution is 5.84. The van der Waals surface area contributed by atoms with Crippen molar-refractivity contribution in [2.75, 3.05) is 13.1 Å². The third kappa shape index (κ3) is 3.97. The van der Waals surface area contributed by atoms with E-state index < -0.39 is 17.5 Å². The molecule has 1 unspecified atom stereocenters. The van der Waals surface area contributed by atoms with Crippen LogP contribution in [0.25, 0.3) is 0 Å². The minimum absolute atomic E-state index is 0.108. The number of amides is 1. The molecule has 27 heavy (non-hydrogen) atoms. The minimum Gasteiger partial charge on any atom is -0.481 e. The Kier molecular flexibility index (Phi) is 5.49. The van der Waals surface area contributed by atoms with Crippen LogP contribution in [0.1, 0.15) is 30.9 Å². The maximum Gasteiger partial charge on any atom is 0.314 e. The largest absolute Gasteiger partial charge is 0.481 e. The van der Waals surface area contributed by atoms with E-state index in [0.717, 1.165) is 11.1 Å². The first-order chi connectivity index (χ1) is 12.9. The SMILES string of the molecule is Cc1cccc(OC(C)C(=O)N2CCC(C(=O)O)(c3ccccc3)CC2)c1. The van der Waals surface area contributed by atoms with Gasteiger partial charge in [0.05, 0.1) is 5.41 Å². The van der Waals surface area contributed by atoms with Gasteiger partial charge in [-0.2, -0.15) is 0 Å². The third-order valence-corrected chi connectivity index (χ3v) is 5.31. The minimum atomic E-state index is -0.932. The average Bonchev–Trinajstić information content (AvgIpc) is 2.68. The van der Waals surface area contributed by atoms with Gasteiger partial charge in [0, 0.05) is 13.1 Å². The van der Waals surface area contributed by atoms with Gasteiger partial charge in [0.15, 0.2) is 6.10 Å². The Balaban J connectivity index is 1.67. The lowest BCUT2D eigenvalue weighted by Gasteiger charge is -2.40. The summed E-state index contributed by atoms with van der Waals surface area (Å²) in [5.41, 5.74) is 0.937. The summed E-state index contributed by atoms with van der Waals surface area (Å²) in [5, 5.41) is 9.87. The van der Waals surface area contributed by atoms with E-state index >= 15 is 0 Å². The Bertz CT molecular complexity index is 810. The normalized spacial score (nSPS) is 17.2. The number of carbonyl (C=O) groups excluding carboxylic acids is 1. The molecule has 1 aliphatic rings. The number of carbonyl (C=O) groups is 2. The van der Waals surface area contributed by atoms with E-state index in [1.807, 2.05) is 61.5 Å². The fraction of sp³-hybridized carbons (Fsp3) is 0.364. The van der Waals surface area contributed by atoms with E-state index in [0.29, 0.717) is 31.7 Å². The number of carboxylic acids is 1. The van der Waals surface area contributed by atoms with Crippen LogP contribution >= 0.6 is 0 Å². The first-order valence-electron chi connectivity index (χ1n) is 9.23. The summed E-state index contributed by atoms with van der Waals surface area (Å²) in [6, 6.07) is 16.9. The number of carboxylic acid groups (broad SMARTS) is 1. The Morgan fingerprint density at radius 3 is 2.33 bits per heavy atom. The van der Waals surface area contributed by atoms with Gasteiger partial charge in [-0.1, -0.05) is 42.5 Å². The van der Waals surface area contributed by atoms with E-state index in [1.165, 1.54) is 0 Å². The van der Waals surface area contributed by atoms with E-state index in [9.17, 15) is 14.7 Å². The highest BCUT2D eigenvalue weighted by Gasteiger charge is 2.44. The van der Waals surface area contributed by atoms with Crippen molar-refractivity contribution in [2.24, 2.45) is 0 Å². The number of hydrogen-bond donors (Lipinski definition) is 1. The van der Waals surface area contributed by atoms with Crippen LogP contribution in [-0.4, -0.2) is 41.1 Å². The quantitative estimate of drug-likeness (QED) is 0.879. The lowest BCUT2D eigenvalue weighted by Crippen LogP contribution is -2.51. The van der Waals surface area contributed by atoms with Crippen molar-refractivity contribution < 1.29 is 19.4 Å². The summed E-state index contributed by atoms with van der Waals surface area (Å²) in [7, 11) is 0. The number of benzene rings is 2. The van der Waals surface area contributed by atoms with Crippen molar-refractivity contribution in [3.8, 4) is 5.75 Å². The zero-order chi connectivity index (χ0) is 19.4. The fourth-order valence-corrected chi connectivity index (χ4v) is 3.69. The fourth-order valence-electron chi connectivity index (χ4n) is 3.69. The summed E-state index contributed by atoms with van der Waals surface area (Å²) in [5.74, 6) is -0.273. The number of nitrogens with zero attached hydrogens (tertiary/aromatic N) is 1. The molecule has 0 bridgehead atoms. The molecule has 1 fully saturated rings. The summed E-state index contributed by atoms with van der Waals surface area (Å²) < 4.78 is 5.79. The number of aliphatic carboxylic acids is 1. The molecule has 1 amide bonds. The molecule has 0 aromatic heterocycles. The van der Waals surface area contributed by atoms with Crippen molar-refractivity contribution in [3.63, 3.8) is 0 Å². The summed E-state index contributed by atoms with van der Waals surface area (Å²) in [6.07, 6.45) is 0.186.